The molecule has 0 atom stereocenters. The van der Waals surface area contributed by atoms with E-state index in [9.17, 15) is 0 Å². The van der Waals surface area contributed by atoms with Gasteiger partial charge < -0.3 is 4.43 Å². The van der Waals surface area contributed by atoms with Crippen LogP contribution in [0.2, 0.25) is 45.3 Å². The van der Waals surface area contributed by atoms with Gasteiger partial charge in [-0.2, -0.15) is 0 Å². The molecule has 0 aliphatic rings. The van der Waals surface area contributed by atoms with Crippen LogP contribution in [0.3, 0.4) is 0 Å². The first-order valence-corrected chi connectivity index (χ1v) is 12.5. The van der Waals surface area contributed by atoms with E-state index in [1.165, 1.54) is 11.6 Å². The lowest BCUT2D eigenvalue weighted by Crippen LogP contribution is -2.26. The standard InChI is InChI=1S/C11H26OSi2/c1-11(10-13(2,3)4)8-9-12-14(5,6)7/h1,8-10H2,2-7H3. The van der Waals surface area contributed by atoms with Gasteiger partial charge in [0.2, 0.25) is 0 Å². The molecule has 0 aromatic rings. The average Bonchev–Trinajstić information content (AvgIpc) is 1.78. The van der Waals surface area contributed by atoms with E-state index < -0.39 is 16.4 Å². The first-order chi connectivity index (χ1) is 6.10. The summed E-state index contributed by atoms with van der Waals surface area (Å²) >= 11 is 0. The second-order valence-electron chi connectivity index (χ2n) is 6.20. The maximum atomic E-state index is 5.81. The second kappa shape index (κ2) is 5.28. The molecule has 0 aromatic carbocycles. The minimum Gasteiger partial charge on any atom is -0.417 e. The molecule has 3 heteroatoms. The molecule has 0 heterocycles. The van der Waals surface area contributed by atoms with E-state index in [4.69, 9.17) is 4.43 Å². The Bertz CT molecular complexity index is 186. The minimum absolute atomic E-state index is 0.874. The fourth-order valence-electron chi connectivity index (χ4n) is 1.34. The molecule has 14 heavy (non-hydrogen) atoms. The monoisotopic (exact) mass is 230 g/mol. The molecule has 0 saturated carbocycles. The van der Waals surface area contributed by atoms with E-state index in [0.29, 0.717) is 0 Å². The molecule has 0 saturated heterocycles. The molecule has 0 amide bonds. The number of hydrogen-bond donors (Lipinski definition) is 0. The van der Waals surface area contributed by atoms with Crippen molar-refractivity contribution in [1.29, 1.82) is 0 Å². The van der Waals surface area contributed by atoms with Gasteiger partial charge in [-0.3, -0.25) is 0 Å². The molecule has 1 nitrogen and oxygen atoms in total. The number of hydrogen-bond acceptors (Lipinski definition) is 1. The third kappa shape index (κ3) is 10.2. The lowest BCUT2D eigenvalue weighted by molar-refractivity contribution is 0.315. The van der Waals surface area contributed by atoms with Crippen molar-refractivity contribution in [3.8, 4) is 0 Å². The normalized spacial score (nSPS) is 13.0. The van der Waals surface area contributed by atoms with Crippen molar-refractivity contribution >= 4 is 16.4 Å². The van der Waals surface area contributed by atoms with E-state index in [-0.39, 0.29) is 0 Å². The predicted molar refractivity (Wildman–Crippen MR) is 71.2 cm³/mol. The first kappa shape index (κ1) is 14.1. The van der Waals surface area contributed by atoms with Crippen molar-refractivity contribution in [3.05, 3.63) is 12.2 Å². The Kier molecular flexibility index (Phi) is 5.33. The quantitative estimate of drug-likeness (QED) is 0.493. The van der Waals surface area contributed by atoms with Crippen molar-refractivity contribution in [2.24, 2.45) is 0 Å². The molecule has 0 radical (unpaired) electrons. The predicted octanol–water partition coefficient (Wildman–Crippen LogP) is 4.12. The van der Waals surface area contributed by atoms with Gasteiger partial charge in [-0.05, 0) is 32.1 Å². The molecule has 0 bridgehead atoms. The van der Waals surface area contributed by atoms with Crippen LogP contribution in [0.15, 0.2) is 12.2 Å². The van der Waals surface area contributed by atoms with E-state index in [1.807, 2.05) is 0 Å². The summed E-state index contributed by atoms with van der Waals surface area (Å²) in [6, 6.07) is 1.24. The van der Waals surface area contributed by atoms with Gasteiger partial charge in [0, 0.05) is 14.7 Å². The van der Waals surface area contributed by atoms with Crippen LogP contribution < -0.4 is 0 Å². The Balaban J connectivity index is 3.66. The third-order valence-corrected chi connectivity index (χ3v) is 4.40. The van der Waals surface area contributed by atoms with Crippen LogP contribution in [0.4, 0.5) is 0 Å². The van der Waals surface area contributed by atoms with Gasteiger partial charge in [0.25, 0.3) is 0 Å². The SMILES string of the molecule is C=C(CCO[Si](C)(C)C)C[Si](C)(C)C. The van der Waals surface area contributed by atoms with Crippen molar-refractivity contribution in [2.45, 2.75) is 51.7 Å². The summed E-state index contributed by atoms with van der Waals surface area (Å²) in [5.41, 5.74) is 1.38. The topological polar surface area (TPSA) is 9.23 Å². The summed E-state index contributed by atoms with van der Waals surface area (Å²) in [5.74, 6) is 0. The molecule has 0 aliphatic heterocycles. The zero-order chi connectivity index (χ0) is 11.4. The first-order valence-electron chi connectivity index (χ1n) is 5.41. The van der Waals surface area contributed by atoms with Crippen LogP contribution >= 0.6 is 0 Å². The molecule has 84 valence electrons. The third-order valence-electron chi connectivity index (χ3n) is 1.77. The minimum atomic E-state index is -1.31. The van der Waals surface area contributed by atoms with Gasteiger partial charge in [0.1, 0.15) is 0 Å². The smallest absolute Gasteiger partial charge is 0.183 e. The molecular weight excluding hydrogens is 204 g/mol. The summed E-state index contributed by atoms with van der Waals surface area (Å²) in [4.78, 5) is 0. The highest BCUT2D eigenvalue weighted by molar-refractivity contribution is 6.76. The fraction of sp³-hybridized carbons (Fsp3) is 0.818. The lowest BCUT2D eigenvalue weighted by atomic mass is 10.3. The maximum absolute atomic E-state index is 5.81. The van der Waals surface area contributed by atoms with Gasteiger partial charge in [-0.1, -0.05) is 25.2 Å². The highest BCUT2D eigenvalue weighted by atomic mass is 28.4. The molecule has 0 fully saturated rings. The Morgan fingerprint density at radius 2 is 1.57 bits per heavy atom. The summed E-state index contributed by atoms with van der Waals surface area (Å²) in [6.45, 7) is 18.9. The zero-order valence-electron chi connectivity index (χ0n) is 10.7. The van der Waals surface area contributed by atoms with E-state index >= 15 is 0 Å². The van der Waals surface area contributed by atoms with Crippen LogP contribution in [-0.4, -0.2) is 23.0 Å². The van der Waals surface area contributed by atoms with Gasteiger partial charge in [0.05, 0.1) is 0 Å². The molecule has 0 N–H and O–H groups in total. The van der Waals surface area contributed by atoms with Gasteiger partial charge in [-0.15, -0.1) is 6.58 Å². The lowest BCUT2D eigenvalue weighted by Gasteiger charge is -2.20. The Morgan fingerprint density at radius 1 is 1.07 bits per heavy atom. The summed E-state index contributed by atoms with van der Waals surface area (Å²) in [5, 5.41) is 0. The van der Waals surface area contributed by atoms with E-state index in [2.05, 4.69) is 45.9 Å². The molecule has 0 aliphatic carbocycles. The number of rotatable bonds is 6. The summed E-state index contributed by atoms with van der Waals surface area (Å²) in [6.07, 6.45) is 1.05. The molecular formula is C11H26OSi2. The van der Waals surface area contributed by atoms with Gasteiger partial charge in [-0.25, -0.2) is 0 Å². The molecule has 0 rings (SSSR count). The maximum Gasteiger partial charge on any atom is 0.183 e. The van der Waals surface area contributed by atoms with Crippen LogP contribution in [0.1, 0.15) is 6.42 Å². The van der Waals surface area contributed by atoms with Crippen LogP contribution in [0.5, 0.6) is 0 Å². The highest BCUT2D eigenvalue weighted by Crippen LogP contribution is 2.17. The molecule has 0 spiro atoms. The largest absolute Gasteiger partial charge is 0.417 e. The fourth-order valence-corrected chi connectivity index (χ4v) is 3.73. The van der Waals surface area contributed by atoms with E-state index in [1.54, 1.807) is 0 Å². The van der Waals surface area contributed by atoms with E-state index in [0.717, 1.165) is 13.0 Å². The van der Waals surface area contributed by atoms with Crippen LogP contribution in [-0.2, 0) is 4.43 Å². The molecule has 0 aromatic heterocycles. The Hall–Kier alpha value is 0.134. The van der Waals surface area contributed by atoms with Crippen molar-refractivity contribution < 1.29 is 4.43 Å². The van der Waals surface area contributed by atoms with Crippen LogP contribution in [0, 0.1) is 0 Å². The van der Waals surface area contributed by atoms with Crippen molar-refractivity contribution in [1.82, 2.24) is 0 Å². The van der Waals surface area contributed by atoms with Crippen molar-refractivity contribution in [2.75, 3.05) is 6.61 Å². The molecule has 0 unspecified atom stereocenters. The van der Waals surface area contributed by atoms with Crippen molar-refractivity contribution in [3.63, 3.8) is 0 Å². The Labute approximate surface area is 91.7 Å². The average molecular weight is 230 g/mol. The van der Waals surface area contributed by atoms with Gasteiger partial charge in [0.15, 0.2) is 8.32 Å². The highest BCUT2D eigenvalue weighted by Gasteiger charge is 2.16. The van der Waals surface area contributed by atoms with Gasteiger partial charge >= 0.3 is 0 Å². The zero-order valence-corrected chi connectivity index (χ0v) is 12.7. The summed E-state index contributed by atoms with van der Waals surface area (Å²) in [7, 11) is -2.27. The summed E-state index contributed by atoms with van der Waals surface area (Å²) < 4.78 is 5.81. The second-order valence-corrected chi connectivity index (χ2v) is 16.2. The Morgan fingerprint density at radius 3 is 1.93 bits per heavy atom. The van der Waals surface area contributed by atoms with Crippen LogP contribution in [0.25, 0.3) is 0 Å².